The zero-order valence-electron chi connectivity index (χ0n) is 12.8. The molecular formula is C17H28ClN. The molecular weight excluding hydrogens is 254 g/mol. The van der Waals surface area contributed by atoms with Crippen LogP contribution < -0.4 is 12.4 Å². The van der Waals surface area contributed by atoms with Crippen LogP contribution in [0, 0.1) is 0 Å². The summed E-state index contributed by atoms with van der Waals surface area (Å²) in [6, 6.07) is 10.8. The van der Waals surface area contributed by atoms with Gasteiger partial charge in [-0.2, -0.15) is 0 Å². The van der Waals surface area contributed by atoms with Crippen LogP contribution in [0.1, 0.15) is 38.2 Å². The minimum absolute atomic E-state index is 0. The maximum atomic E-state index is 4.14. The number of halogens is 1. The topological polar surface area (TPSA) is 0 Å². The van der Waals surface area contributed by atoms with Gasteiger partial charge in [0.2, 0.25) is 0 Å². The Morgan fingerprint density at radius 1 is 1.11 bits per heavy atom. The molecule has 0 aliphatic carbocycles. The molecule has 0 fully saturated rings. The minimum atomic E-state index is 0. The quantitative estimate of drug-likeness (QED) is 0.402. The van der Waals surface area contributed by atoms with E-state index in [4.69, 9.17) is 0 Å². The molecule has 108 valence electrons. The lowest BCUT2D eigenvalue weighted by Gasteiger charge is -2.45. The van der Waals surface area contributed by atoms with Gasteiger partial charge in [0, 0.05) is 12.0 Å². The average Bonchev–Trinajstić information content (AvgIpc) is 2.34. The third-order valence-corrected chi connectivity index (χ3v) is 3.97. The summed E-state index contributed by atoms with van der Waals surface area (Å²) in [6.07, 6.45) is 7.13. The first-order valence-electron chi connectivity index (χ1n) is 6.98. The van der Waals surface area contributed by atoms with Gasteiger partial charge in [-0.25, -0.2) is 0 Å². The Kier molecular flexibility index (Phi) is 7.39. The van der Waals surface area contributed by atoms with Gasteiger partial charge < -0.3 is 16.9 Å². The van der Waals surface area contributed by atoms with Gasteiger partial charge in [0.15, 0.2) is 0 Å². The fourth-order valence-corrected chi connectivity index (χ4v) is 2.73. The molecule has 0 saturated carbocycles. The number of hydrogen-bond donors (Lipinski definition) is 0. The lowest BCUT2D eigenvalue weighted by atomic mass is 9.82. The Hall–Kier alpha value is -0.790. The fraction of sp³-hybridized carbons (Fsp3) is 0.529. The highest BCUT2D eigenvalue weighted by Gasteiger charge is 2.41. The lowest BCUT2D eigenvalue weighted by molar-refractivity contribution is -0.924. The van der Waals surface area contributed by atoms with E-state index in [1.807, 2.05) is 0 Å². The SMILES string of the molecule is C=CC(CCCCC)(c1ccccc1)[N+](C)(C)C.[Cl-]. The van der Waals surface area contributed by atoms with Crippen molar-refractivity contribution in [2.24, 2.45) is 0 Å². The highest BCUT2D eigenvalue weighted by atomic mass is 35.5. The lowest BCUT2D eigenvalue weighted by Crippen LogP contribution is -3.00. The Bertz CT molecular complexity index is 367. The Morgan fingerprint density at radius 3 is 2.11 bits per heavy atom. The molecule has 1 atom stereocenters. The van der Waals surface area contributed by atoms with Gasteiger partial charge in [-0.1, -0.05) is 56.7 Å². The molecule has 1 rings (SSSR count). The summed E-state index contributed by atoms with van der Waals surface area (Å²) >= 11 is 0. The molecule has 0 aromatic heterocycles. The van der Waals surface area contributed by atoms with E-state index in [2.05, 4.69) is 71.1 Å². The van der Waals surface area contributed by atoms with E-state index in [-0.39, 0.29) is 17.9 Å². The zero-order chi connectivity index (χ0) is 13.6. The average molecular weight is 282 g/mol. The predicted octanol–water partition coefficient (Wildman–Crippen LogP) is 1.36. The molecule has 0 aliphatic heterocycles. The number of rotatable bonds is 7. The molecule has 0 saturated heterocycles. The third-order valence-electron chi connectivity index (χ3n) is 3.97. The maximum absolute atomic E-state index is 4.14. The minimum Gasteiger partial charge on any atom is -1.00 e. The van der Waals surface area contributed by atoms with Crippen molar-refractivity contribution >= 4 is 0 Å². The van der Waals surface area contributed by atoms with E-state index in [1.54, 1.807) is 0 Å². The first-order valence-corrected chi connectivity index (χ1v) is 6.98. The number of benzene rings is 1. The van der Waals surface area contributed by atoms with Crippen LogP contribution in [0.15, 0.2) is 43.0 Å². The smallest absolute Gasteiger partial charge is 0.143 e. The molecule has 1 unspecified atom stereocenters. The summed E-state index contributed by atoms with van der Waals surface area (Å²) in [5.41, 5.74) is 1.40. The van der Waals surface area contributed by atoms with Crippen molar-refractivity contribution in [3.8, 4) is 0 Å². The molecule has 0 N–H and O–H groups in total. The molecule has 0 spiro atoms. The van der Waals surface area contributed by atoms with E-state index < -0.39 is 0 Å². The van der Waals surface area contributed by atoms with Crippen molar-refractivity contribution in [1.82, 2.24) is 0 Å². The van der Waals surface area contributed by atoms with E-state index in [1.165, 1.54) is 24.8 Å². The van der Waals surface area contributed by atoms with Crippen LogP contribution in [0.2, 0.25) is 0 Å². The second kappa shape index (κ2) is 7.72. The first kappa shape index (κ1) is 18.2. The van der Waals surface area contributed by atoms with Crippen LogP contribution in [0.4, 0.5) is 0 Å². The van der Waals surface area contributed by atoms with Gasteiger partial charge in [0.1, 0.15) is 5.54 Å². The summed E-state index contributed by atoms with van der Waals surface area (Å²) in [4.78, 5) is 0. The van der Waals surface area contributed by atoms with Gasteiger partial charge >= 0.3 is 0 Å². The first-order chi connectivity index (χ1) is 8.48. The molecule has 1 nitrogen and oxygen atoms in total. The zero-order valence-corrected chi connectivity index (χ0v) is 13.6. The van der Waals surface area contributed by atoms with Crippen molar-refractivity contribution in [3.05, 3.63) is 48.6 Å². The van der Waals surface area contributed by atoms with Crippen LogP contribution in [0.25, 0.3) is 0 Å². The standard InChI is InChI=1S/C17H28N.ClH/c1-6-8-12-15-17(7-2,18(3,4)5)16-13-10-9-11-14-16;/h7,9-11,13-14H,2,6,8,12,15H2,1,3-5H3;1H/q+1;/p-1. The number of unbranched alkanes of at least 4 members (excludes halogenated alkanes) is 2. The molecule has 0 aliphatic rings. The molecule has 1 aromatic carbocycles. The van der Waals surface area contributed by atoms with Crippen LogP contribution in [-0.4, -0.2) is 25.6 Å². The van der Waals surface area contributed by atoms with Crippen molar-refractivity contribution in [2.75, 3.05) is 21.1 Å². The summed E-state index contributed by atoms with van der Waals surface area (Å²) < 4.78 is 0.893. The number of likely N-dealkylation sites (N-methyl/N-ethyl adjacent to an activating group) is 1. The molecule has 19 heavy (non-hydrogen) atoms. The summed E-state index contributed by atoms with van der Waals surface area (Å²) in [5, 5.41) is 0. The van der Waals surface area contributed by atoms with E-state index in [0.717, 1.165) is 10.9 Å². The molecule has 0 radical (unpaired) electrons. The van der Waals surface area contributed by atoms with Crippen LogP contribution >= 0.6 is 0 Å². The fourth-order valence-electron chi connectivity index (χ4n) is 2.73. The van der Waals surface area contributed by atoms with Gasteiger partial charge in [0.05, 0.1) is 21.1 Å². The van der Waals surface area contributed by atoms with Crippen molar-refractivity contribution in [2.45, 2.75) is 38.1 Å². The van der Waals surface area contributed by atoms with Crippen LogP contribution in [0.5, 0.6) is 0 Å². The largest absolute Gasteiger partial charge is 1.00 e. The van der Waals surface area contributed by atoms with Crippen molar-refractivity contribution in [1.29, 1.82) is 0 Å². The Balaban J connectivity index is 0.00000324. The summed E-state index contributed by atoms with van der Waals surface area (Å²) in [7, 11) is 6.79. The highest BCUT2D eigenvalue weighted by Crippen LogP contribution is 2.37. The maximum Gasteiger partial charge on any atom is 0.143 e. The van der Waals surface area contributed by atoms with E-state index in [9.17, 15) is 0 Å². The van der Waals surface area contributed by atoms with Crippen LogP contribution in [-0.2, 0) is 5.54 Å². The molecule has 0 bridgehead atoms. The molecule has 0 amide bonds. The number of nitrogens with zero attached hydrogens (tertiary/aromatic N) is 1. The highest BCUT2D eigenvalue weighted by molar-refractivity contribution is 5.27. The van der Waals surface area contributed by atoms with Gasteiger partial charge in [-0.3, -0.25) is 0 Å². The Morgan fingerprint density at radius 2 is 1.68 bits per heavy atom. The predicted molar refractivity (Wildman–Crippen MR) is 80.5 cm³/mol. The number of hydrogen-bond acceptors (Lipinski definition) is 0. The number of quaternary nitrogens is 1. The molecule has 1 aromatic rings. The second-order valence-corrected chi connectivity index (χ2v) is 5.96. The summed E-state index contributed by atoms with van der Waals surface area (Å²) in [5.74, 6) is 0. The molecule has 0 heterocycles. The van der Waals surface area contributed by atoms with E-state index >= 15 is 0 Å². The van der Waals surface area contributed by atoms with Gasteiger partial charge in [-0.15, -0.1) is 0 Å². The van der Waals surface area contributed by atoms with Crippen LogP contribution in [0.3, 0.4) is 0 Å². The van der Waals surface area contributed by atoms with Gasteiger partial charge in [-0.05, 0) is 12.5 Å². The second-order valence-electron chi connectivity index (χ2n) is 5.96. The van der Waals surface area contributed by atoms with Crippen molar-refractivity contribution in [3.63, 3.8) is 0 Å². The van der Waals surface area contributed by atoms with E-state index in [0.29, 0.717) is 0 Å². The monoisotopic (exact) mass is 281 g/mol. The third kappa shape index (κ3) is 4.09. The van der Waals surface area contributed by atoms with Crippen molar-refractivity contribution < 1.29 is 16.9 Å². The Labute approximate surface area is 125 Å². The van der Waals surface area contributed by atoms with Gasteiger partial charge in [0.25, 0.3) is 0 Å². The summed E-state index contributed by atoms with van der Waals surface area (Å²) in [6.45, 7) is 6.39. The normalized spacial score (nSPS) is 14.3. The molecule has 2 heteroatoms.